The summed E-state index contributed by atoms with van der Waals surface area (Å²) in [6.45, 7) is 3.20. The van der Waals surface area contributed by atoms with E-state index in [0.717, 1.165) is 0 Å². The van der Waals surface area contributed by atoms with E-state index in [1.165, 1.54) is 6.92 Å². The van der Waals surface area contributed by atoms with Gasteiger partial charge in [-0.3, -0.25) is 4.79 Å². The molecular formula is C8H13LiO4. The van der Waals surface area contributed by atoms with E-state index in [0.29, 0.717) is 6.42 Å². The van der Waals surface area contributed by atoms with E-state index in [1.54, 1.807) is 6.92 Å². The first kappa shape index (κ1) is 15.0. The summed E-state index contributed by atoms with van der Waals surface area (Å²) in [5.74, 6) is -3.38. The second-order valence-corrected chi connectivity index (χ2v) is 2.90. The Hall–Kier alpha value is -0.463. The molecule has 4 nitrogen and oxygen atoms in total. The zero-order chi connectivity index (χ0) is 9.72. The van der Waals surface area contributed by atoms with Gasteiger partial charge in [-0.1, -0.05) is 13.8 Å². The Morgan fingerprint density at radius 2 is 1.92 bits per heavy atom. The van der Waals surface area contributed by atoms with E-state index in [2.05, 4.69) is 0 Å². The molecule has 0 aliphatic heterocycles. The molecule has 2 atom stereocenters. The largest absolute Gasteiger partial charge is 1.00 e. The fraction of sp³-hybridized carbons (Fsp3) is 0.750. The molecule has 0 saturated heterocycles. The number of hydrogen-bond acceptors (Lipinski definition) is 3. The number of carboxylic acids is 2. The summed E-state index contributed by atoms with van der Waals surface area (Å²) in [5.41, 5.74) is 0. The molecule has 0 amide bonds. The van der Waals surface area contributed by atoms with Crippen LogP contribution in [0.15, 0.2) is 0 Å². The van der Waals surface area contributed by atoms with Crippen molar-refractivity contribution in [3.63, 3.8) is 0 Å². The summed E-state index contributed by atoms with van der Waals surface area (Å²) in [4.78, 5) is 20.7. The Morgan fingerprint density at radius 3 is 2.15 bits per heavy atom. The van der Waals surface area contributed by atoms with Crippen molar-refractivity contribution >= 4 is 11.9 Å². The number of carbonyl (C=O) groups excluding carboxylic acids is 1. The monoisotopic (exact) mass is 180 g/mol. The van der Waals surface area contributed by atoms with E-state index >= 15 is 0 Å². The maximum atomic E-state index is 10.4. The molecule has 70 valence electrons. The van der Waals surface area contributed by atoms with E-state index < -0.39 is 23.8 Å². The van der Waals surface area contributed by atoms with Gasteiger partial charge >= 0.3 is 24.8 Å². The van der Waals surface area contributed by atoms with Crippen molar-refractivity contribution in [2.45, 2.75) is 26.7 Å². The topological polar surface area (TPSA) is 77.4 Å². The third-order valence-electron chi connectivity index (χ3n) is 1.89. The van der Waals surface area contributed by atoms with Crippen LogP contribution >= 0.6 is 0 Å². The quantitative estimate of drug-likeness (QED) is 0.454. The molecule has 2 unspecified atom stereocenters. The van der Waals surface area contributed by atoms with Gasteiger partial charge in [-0.2, -0.15) is 0 Å². The van der Waals surface area contributed by atoms with Crippen LogP contribution in [0.2, 0.25) is 0 Å². The predicted molar refractivity (Wildman–Crippen MR) is 40.2 cm³/mol. The minimum Gasteiger partial charge on any atom is -0.550 e. The fourth-order valence-electron chi connectivity index (χ4n) is 0.957. The Labute approximate surface area is 89.5 Å². The minimum absolute atomic E-state index is 0. The molecule has 0 radical (unpaired) electrons. The van der Waals surface area contributed by atoms with Gasteiger partial charge in [0.1, 0.15) is 0 Å². The molecule has 0 saturated carbocycles. The Kier molecular flexibility index (Phi) is 8.08. The van der Waals surface area contributed by atoms with Crippen molar-refractivity contribution in [2.75, 3.05) is 0 Å². The second kappa shape index (κ2) is 6.99. The first-order valence-corrected chi connectivity index (χ1v) is 3.92. The molecule has 13 heavy (non-hydrogen) atoms. The molecule has 0 aromatic heterocycles. The first-order valence-electron chi connectivity index (χ1n) is 3.92. The average Bonchev–Trinajstić information content (AvgIpc) is 1.98. The van der Waals surface area contributed by atoms with Gasteiger partial charge in [-0.15, -0.1) is 0 Å². The van der Waals surface area contributed by atoms with Crippen molar-refractivity contribution in [2.24, 2.45) is 11.8 Å². The molecule has 1 N–H and O–H groups in total. The normalized spacial score (nSPS) is 14.0. The van der Waals surface area contributed by atoms with Crippen LogP contribution in [0.4, 0.5) is 0 Å². The van der Waals surface area contributed by atoms with Gasteiger partial charge in [-0.25, -0.2) is 0 Å². The summed E-state index contributed by atoms with van der Waals surface area (Å²) in [7, 11) is 0. The third-order valence-corrected chi connectivity index (χ3v) is 1.89. The van der Waals surface area contributed by atoms with Crippen molar-refractivity contribution in [3.05, 3.63) is 0 Å². The molecule has 0 aromatic rings. The third kappa shape index (κ3) is 5.73. The first-order chi connectivity index (χ1) is 5.49. The van der Waals surface area contributed by atoms with Gasteiger partial charge < -0.3 is 15.0 Å². The Balaban J connectivity index is 0. The number of carboxylic acid groups (broad SMARTS) is 2. The molecule has 0 aromatic carbocycles. The van der Waals surface area contributed by atoms with Gasteiger partial charge in [0.15, 0.2) is 0 Å². The van der Waals surface area contributed by atoms with Gasteiger partial charge in [-0.05, 0) is 18.8 Å². The zero-order valence-electron chi connectivity index (χ0n) is 8.24. The van der Waals surface area contributed by atoms with Gasteiger partial charge in [0.05, 0.1) is 5.92 Å². The van der Waals surface area contributed by atoms with Crippen molar-refractivity contribution in [1.82, 2.24) is 0 Å². The average molecular weight is 180 g/mol. The van der Waals surface area contributed by atoms with E-state index in [9.17, 15) is 14.7 Å². The second-order valence-electron chi connectivity index (χ2n) is 2.90. The molecule has 0 spiro atoms. The summed E-state index contributed by atoms with van der Waals surface area (Å²) in [5, 5.41) is 18.9. The van der Waals surface area contributed by atoms with Crippen molar-refractivity contribution < 1.29 is 38.7 Å². The van der Waals surface area contributed by atoms with Crippen LogP contribution in [-0.2, 0) is 9.59 Å². The molecule has 0 bridgehead atoms. The van der Waals surface area contributed by atoms with E-state index in [1.807, 2.05) is 0 Å². The SMILES string of the molecule is CCC(CC(C)C(=O)O)C(=O)[O-].[Li+]. The number of rotatable bonds is 5. The Bertz CT molecular complexity index is 181. The maximum Gasteiger partial charge on any atom is 1.00 e. The van der Waals surface area contributed by atoms with Crippen LogP contribution in [0.5, 0.6) is 0 Å². The van der Waals surface area contributed by atoms with Crippen LogP contribution in [0.1, 0.15) is 26.7 Å². The van der Waals surface area contributed by atoms with Crippen molar-refractivity contribution in [1.29, 1.82) is 0 Å². The minimum atomic E-state index is -1.16. The van der Waals surface area contributed by atoms with Gasteiger partial charge in [0.2, 0.25) is 0 Å². The number of hydrogen-bond donors (Lipinski definition) is 1. The van der Waals surface area contributed by atoms with Crippen LogP contribution in [0, 0.1) is 11.8 Å². The molecule has 0 aliphatic carbocycles. The molecule has 0 heterocycles. The van der Waals surface area contributed by atoms with Crippen LogP contribution in [-0.4, -0.2) is 17.0 Å². The van der Waals surface area contributed by atoms with Crippen molar-refractivity contribution in [3.8, 4) is 0 Å². The standard InChI is InChI=1S/C8H14O4.Li/c1-3-6(8(11)12)4-5(2)7(9)10;/h5-6H,3-4H2,1-2H3,(H,9,10)(H,11,12);/q;+1/p-1. The van der Waals surface area contributed by atoms with E-state index in [-0.39, 0.29) is 25.3 Å². The summed E-state index contributed by atoms with van der Waals surface area (Å²) in [6.07, 6.45) is 0.564. The summed E-state index contributed by atoms with van der Waals surface area (Å²) >= 11 is 0. The van der Waals surface area contributed by atoms with E-state index in [4.69, 9.17) is 5.11 Å². The van der Waals surface area contributed by atoms with Crippen LogP contribution in [0.3, 0.4) is 0 Å². The smallest absolute Gasteiger partial charge is 0.550 e. The predicted octanol–water partition coefficient (Wildman–Crippen LogP) is -3.12. The molecular weight excluding hydrogens is 167 g/mol. The molecule has 0 rings (SSSR count). The molecule has 0 fully saturated rings. The van der Waals surface area contributed by atoms with Crippen LogP contribution in [0.25, 0.3) is 0 Å². The number of aliphatic carboxylic acids is 2. The van der Waals surface area contributed by atoms with Crippen LogP contribution < -0.4 is 24.0 Å². The molecule has 5 heteroatoms. The summed E-state index contributed by atoms with van der Waals surface area (Å²) < 4.78 is 0. The number of carbonyl (C=O) groups is 2. The maximum absolute atomic E-state index is 10.4. The summed E-state index contributed by atoms with van der Waals surface area (Å²) in [6, 6.07) is 0. The Morgan fingerprint density at radius 1 is 1.46 bits per heavy atom. The van der Waals surface area contributed by atoms with Gasteiger partial charge in [0, 0.05) is 5.97 Å². The zero-order valence-corrected chi connectivity index (χ0v) is 8.24. The van der Waals surface area contributed by atoms with Gasteiger partial charge in [0.25, 0.3) is 0 Å². The molecule has 0 aliphatic rings. The fourth-order valence-corrected chi connectivity index (χ4v) is 0.957.